The average Bonchev–Trinajstić information content (AvgIpc) is 4.04. The third kappa shape index (κ3) is 8.85. The zero-order valence-corrected chi connectivity index (χ0v) is 29.2. The van der Waals surface area contributed by atoms with Crippen molar-refractivity contribution in [1.82, 2.24) is 30.9 Å². The molecule has 6 aliphatic rings. The molecule has 9 atom stereocenters. The van der Waals surface area contributed by atoms with Gasteiger partial charge in [0.25, 0.3) is 0 Å². The predicted molar refractivity (Wildman–Crippen MR) is 195 cm³/mol. The van der Waals surface area contributed by atoms with Gasteiger partial charge in [0.15, 0.2) is 0 Å². The summed E-state index contributed by atoms with van der Waals surface area (Å²) in [5.74, 6) is 23.0. The Kier molecular flexibility index (Phi) is 11.3. The summed E-state index contributed by atoms with van der Waals surface area (Å²) in [7, 11) is 1.65. The molecular formula is C42H48N6O2. The third-order valence-corrected chi connectivity index (χ3v) is 10.7. The molecule has 0 radical (unpaired) electrons. The first-order chi connectivity index (χ1) is 24.6. The summed E-state index contributed by atoms with van der Waals surface area (Å²) in [4.78, 5) is 12.3. The van der Waals surface area contributed by atoms with E-state index in [1.165, 1.54) is 57.8 Å². The molecule has 0 aromatic carbocycles. The van der Waals surface area contributed by atoms with E-state index in [1.54, 1.807) is 38.1 Å². The Balaban J connectivity index is 0.000000118. The molecule has 6 aliphatic heterocycles. The third-order valence-electron chi connectivity index (χ3n) is 10.7. The molecule has 0 spiro atoms. The van der Waals surface area contributed by atoms with Gasteiger partial charge in [-0.2, -0.15) is 0 Å². The number of hydrogen-bond donors (Lipinski definition) is 3. The fourth-order valence-corrected chi connectivity index (χ4v) is 8.25. The Morgan fingerprint density at radius 1 is 0.620 bits per heavy atom. The number of methoxy groups -OCH3 is 1. The van der Waals surface area contributed by atoms with Gasteiger partial charge in [-0.25, -0.2) is 0 Å². The van der Waals surface area contributed by atoms with Gasteiger partial charge in [-0.15, -0.1) is 0 Å². The highest BCUT2D eigenvalue weighted by atomic mass is 16.5. The Labute approximate surface area is 297 Å². The number of nitrogens with one attached hydrogen (secondary N) is 3. The average molecular weight is 669 g/mol. The van der Waals surface area contributed by atoms with Crippen LogP contribution in [0.5, 0.6) is 11.5 Å². The van der Waals surface area contributed by atoms with Crippen LogP contribution in [-0.4, -0.2) is 64.9 Å². The van der Waals surface area contributed by atoms with Crippen LogP contribution in [0.1, 0.15) is 81.4 Å². The van der Waals surface area contributed by atoms with Gasteiger partial charge >= 0.3 is 0 Å². The molecule has 258 valence electrons. The number of hydrogen-bond acceptors (Lipinski definition) is 8. The lowest BCUT2D eigenvalue weighted by Crippen LogP contribution is -2.21. The monoisotopic (exact) mass is 668 g/mol. The number of nitrogens with zero attached hydrogens (tertiary/aromatic N) is 3. The number of pyridine rings is 3. The maximum absolute atomic E-state index is 5.43. The SMILES string of the molecule is C(#CC1CC2CCC1N2)c1cccnc1.CCOc1cncc(C#CC2CC3CCC2N3)c1.COc1cncc(C#CC2CC3CCC2N3)c1. The maximum Gasteiger partial charge on any atom is 0.138 e. The van der Waals surface area contributed by atoms with Gasteiger partial charge in [-0.3, -0.25) is 15.0 Å². The molecule has 0 aliphatic carbocycles. The lowest BCUT2D eigenvalue weighted by Gasteiger charge is -2.13. The van der Waals surface area contributed by atoms with Crippen LogP contribution >= 0.6 is 0 Å². The van der Waals surface area contributed by atoms with Crippen LogP contribution in [0.2, 0.25) is 0 Å². The van der Waals surface area contributed by atoms with Gasteiger partial charge in [0.2, 0.25) is 0 Å². The van der Waals surface area contributed by atoms with E-state index in [-0.39, 0.29) is 0 Å². The Morgan fingerprint density at radius 3 is 1.52 bits per heavy atom. The van der Waals surface area contributed by atoms with E-state index in [2.05, 4.69) is 66.4 Å². The first-order valence-corrected chi connectivity index (χ1v) is 18.4. The summed E-state index contributed by atoms with van der Waals surface area (Å²) in [6.07, 6.45) is 22.1. The summed E-state index contributed by atoms with van der Waals surface area (Å²) < 4.78 is 10.6. The number of ether oxygens (including phenoxy) is 2. The summed E-state index contributed by atoms with van der Waals surface area (Å²) in [5.41, 5.74) is 2.91. The summed E-state index contributed by atoms with van der Waals surface area (Å²) in [5, 5.41) is 10.8. The minimum atomic E-state index is 0.513. The van der Waals surface area contributed by atoms with E-state index in [0.717, 1.165) is 34.2 Å². The number of aromatic nitrogens is 3. The zero-order valence-electron chi connectivity index (χ0n) is 29.2. The molecule has 3 aromatic rings. The van der Waals surface area contributed by atoms with Crippen LogP contribution in [0.4, 0.5) is 0 Å². The lowest BCUT2D eigenvalue weighted by atomic mass is 9.89. The first-order valence-electron chi connectivity index (χ1n) is 18.4. The standard InChI is InChI=1S/C15H18N2O.C14H16N2O.C13H14N2/c1-2-18-14-7-11(9-16-10-14)3-4-12-8-13-5-6-15(12)17-13;1-17-13-6-10(8-15-9-13)2-3-11-7-12-4-5-14(11)16-12;1-2-10(9-14-7-1)3-4-11-8-12-5-6-13(11)15-12/h7,9-10,12-13,15,17H,2,5-6,8H2,1H3;6,8-9,11-12,14,16H,4-5,7H2,1H3;1-2,7,9,11-13,15H,5-6,8H2. The van der Waals surface area contributed by atoms with Crippen molar-refractivity contribution in [2.45, 2.75) is 101 Å². The first kappa shape index (κ1) is 34.1. The highest BCUT2D eigenvalue weighted by molar-refractivity contribution is 5.39. The summed E-state index contributed by atoms with van der Waals surface area (Å²) in [6, 6.07) is 11.9. The fraction of sp³-hybridized carbons (Fsp3) is 0.500. The molecular weight excluding hydrogens is 621 g/mol. The van der Waals surface area contributed by atoms with Gasteiger partial charge in [0.05, 0.1) is 26.1 Å². The van der Waals surface area contributed by atoms with Crippen molar-refractivity contribution >= 4 is 0 Å². The molecule has 9 heterocycles. The molecule has 50 heavy (non-hydrogen) atoms. The summed E-state index contributed by atoms with van der Waals surface area (Å²) >= 11 is 0. The van der Waals surface area contributed by atoms with Crippen molar-refractivity contribution in [2.75, 3.05) is 13.7 Å². The second kappa shape index (κ2) is 16.5. The van der Waals surface area contributed by atoms with E-state index in [0.29, 0.717) is 54.6 Å². The van der Waals surface area contributed by atoms with E-state index < -0.39 is 0 Å². The van der Waals surface area contributed by atoms with Crippen molar-refractivity contribution in [3.8, 4) is 47.0 Å². The fourth-order valence-electron chi connectivity index (χ4n) is 8.25. The van der Waals surface area contributed by atoms with Crippen LogP contribution in [0.3, 0.4) is 0 Å². The van der Waals surface area contributed by atoms with Gasteiger partial charge in [0, 0.05) is 95.5 Å². The second-order valence-corrected chi connectivity index (χ2v) is 14.2. The number of fused-ring (bicyclic) bond motifs is 6. The normalized spacial score (nSPS) is 30.2. The topological polar surface area (TPSA) is 93.2 Å². The highest BCUT2D eigenvalue weighted by Gasteiger charge is 2.39. The van der Waals surface area contributed by atoms with Gasteiger partial charge < -0.3 is 25.4 Å². The van der Waals surface area contributed by atoms with Gasteiger partial charge in [-0.05, 0) is 89.0 Å². The smallest absolute Gasteiger partial charge is 0.138 e. The number of rotatable bonds is 3. The van der Waals surface area contributed by atoms with E-state index in [1.807, 2.05) is 37.4 Å². The Bertz CT molecular complexity index is 1780. The van der Waals surface area contributed by atoms with E-state index >= 15 is 0 Å². The molecule has 6 fully saturated rings. The van der Waals surface area contributed by atoms with Crippen LogP contribution in [0.25, 0.3) is 0 Å². The highest BCUT2D eigenvalue weighted by Crippen LogP contribution is 2.34. The second-order valence-electron chi connectivity index (χ2n) is 14.2. The molecule has 8 heteroatoms. The maximum atomic E-state index is 5.43. The van der Waals surface area contributed by atoms with E-state index in [9.17, 15) is 0 Å². The Morgan fingerprint density at radius 2 is 1.10 bits per heavy atom. The molecule has 9 rings (SSSR count). The quantitative estimate of drug-likeness (QED) is 0.331. The lowest BCUT2D eigenvalue weighted by molar-refractivity contribution is 0.339. The summed E-state index contributed by atoms with van der Waals surface area (Å²) in [6.45, 7) is 2.63. The largest absolute Gasteiger partial charge is 0.495 e. The van der Waals surface area contributed by atoms with Crippen molar-refractivity contribution in [1.29, 1.82) is 0 Å². The molecule has 0 amide bonds. The van der Waals surface area contributed by atoms with Crippen molar-refractivity contribution < 1.29 is 9.47 Å². The van der Waals surface area contributed by atoms with Crippen molar-refractivity contribution in [2.24, 2.45) is 17.8 Å². The molecule has 6 bridgehead atoms. The van der Waals surface area contributed by atoms with Crippen LogP contribution in [-0.2, 0) is 0 Å². The van der Waals surface area contributed by atoms with E-state index in [4.69, 9.17) is 9.47 Å². The minimum absolute atomic E-state index is 0.513. The van der Waals surface area contributed by atoms with Crippen LogP contribution < -0.4 is 25.4 Å². The molecule has 8 nitrogen and oxygen atoms in total. The molecule has 0 saturated carbocycles. The van der Waals surface area contributed by atoms with Crippen LogP contribution in [0.15, 0.2) is 61.4 Å². The molecule has 3 N–H and O–H groups in total. The minimum Gasteiger partial charge on any atom is -0.495 e. The van der Waals surface area contributed by atoms with Crippen molar-refractivity contribution in [3.63, 3.8) is 0 Å². The Hall–Kier alpha value is -4.39. The van der Waals surface area contributed by atoms with Crippen LogP contribution in [0, 0.1) is 53.3 Å². The van der Waals surface area contributed by atoms with Crippen molar-refractivity contribution in [3.05, 3.63) is 78.1 Å². The molecule has 6 saturated heterocycles. The molecule has 3 aromatic heterocycles. The van der Waals surface area contributed by atoms with Gasteiger partial charge in [0.1, 0.15) is 11.5 Å². The zero-order chi connectivity index (χ0) is 34.1. The molecule has 9 unspecified atom stereocenters. The predicted octanol–water partition coefficient (Wildman–Crippen LogP) is 5.13. The van der Waals surface area contributed by atoms with Gasteiger partial charge in [-0.1, -0.05) is 35.5 Å².